The summed E-state index contributed by atoms with van der Waals surface area (Å²) in [6, 6.07) is 5.77. The molecule has 2 aromatic rings. The Kier molecular flexibility index (Phi) is 5.02. The van der Waals surface area contributed by atoms with Gasteiger partial charge in [-0.05, 0) is 43.5 Å². The fourth-order valence-electron chi connectivity index (χ4n) is 2.45. The van der Waals surface area contributed by atoms with E-state index in [4.69, 9.17) is 4.74 Å². The summed E-state index contributed by atoms with van der Waals surface area (Å²) in [6.07, 6.45) is 2.86. The molecule has 0 radical (unpaired) electrons. The number of aromatic nitrogens is 1. The van der Waals surface area contributed by atoms with E-state index in [0.29, 0.717) is 18.8 Å². The van der Waals surface area contributed by atoms with Gasteiger partial charge in [0.15, 0.2) is 0 Å². The van der Waals surface area contributed by atoms with E-state index in [0.717, 1.165) is 17.8 Å². The highest BCUT2D eigenvalue weighted by atomic mass is 32.1. The molecule has 3 rings (SSSR count). The molecule has 0 aliphatic heterocycles. The van der Waals surface area contributed by atoms with Crippen LogP contribution in [0.1, 0.15) is 22.0 Å². The molecule has 118 valence electrons. The number of halogens is 1. The van der Waals surface area contributed by atoms with Crippen LogP contribution in [0, 0.1) is 5.82 Å². The molecule has 6 heteroatoms. The minimum absolute atomic E-state index is 0.174. The number of fused-ring (bicyclic) bond motifs is 1. The molecule has 1 unspecified atom stereocenters. The van der Waals surface area contributed by atoms with E-state index in [1.807, 2.05) is 0 Å². The average Bonchev–Trinajstić information content (AvgIpc) is 3.08. The number of nitrogens with one attached hydrogen (secondary N) is 1. The maximum absolute atomic E-state index is 12.8. The SMILES string of the molecule is OC(CNCc1nc2c(s1)CCC2)COc1ccc(F)cc1. The molecular weight excluding hydrogens is 303 g/mol. The molecular formula is C16H19FN2O2S. The van der Waals surface area contributed by atoms with Crippen LogP contribution in [0.2, 0.25) is 0 Å². The Morgan fingerprint density at radius 2 is 2.14 bits per heavy atom. The number of nitrogens with zero attached hydrogens (tertiary/aromatic N) is 1. The van der Waals surface area contributed by atoms with E-state index in [1.54, 1.807) is 23.5 Å². The highest BCUT2D eigenvalue weighted by Crippen LogP contribution is 2.27. The molecule has 0 saturated heterocycles. The van der Waals surface area contributed by atoms with Crippen molar-refractivity contribution in [1.82, 2.24) is 10.3 Å². The molecule has 22 heavy (non-hydrogen) atoms. The summed E-state index contributed by atoms with van der Waals surface area (Å²) < 4.78 is 18.2. The molecule has 1 aromatic heterocycles. The molecule has 0 fully saturated rings. The number of aliphatic hydroxyl groups is 1. The number of aryl methyl sites for hydroxylation is 2. The van der Waals surface area contributed by atoms with Crippen LogP contribution in [-0.4, -0.2) is 29.3 Å². The fraction of sp³-hybridized carbons (Fsp3) is 0.438. The van der Waals surface area contributed by atoms with E-state index in [-0.39, 0.29) is 12.4 Å². The van der Waals surface area contributed by atoms with Crippen LogP contribution < -0.4 is 10.1 Å². The van der Waals surface area contributed by atoms with Gasteiger partial charge in [0.05, 0.1) is 5.69 Å². The summed E-state index contributed by atoms with van der Waals surface area (Å²) >= 11 is 1.76. The van der Waals surface area contributed by atoms with E-state index < -0.39 is 6.10 Å². The predicted octanol–water partition coefficient (Wildman–Crippen LogP) is 2.30. The minimum Gasteiger partial charge on any atom is -0.491 e. The van der Waals surface area contributed by atoms with Crippen LogP contribution in [0.4, 0.5) is 4.39 Å². The Labute approximate surface area is 133 Å². The first kappa shape index (κ1) is 15.4. The second kappa shape index (κ2) is 7.17. The molecule has 0 bridgehead atoms. The molecule has 1 aliphatic rings. The van der Waals surface area contributed by atoms with Gasteiger partial charge in [0.25, 0.3) is 0 Å². The lowest BCUT2D eigenvalue weighted by molar-refractivity contribution is 0.106. The van der Waals surface area contributed by atoms with Crippen molar-refractivity contribution in [3.8, 4) is 5.75 Å². The number of rotatable bonds is 7. The molecule has 4 nitrogen and oxygen atoms in total. The van der Waals surface area contributed by atoms with Gasteiger partial charge in [-0.25, -0.2) is 9.37 Å². The molecule has 1 atom stereocenters. The quantitative estimate of drug-likeness (QED) is 0.821. The third-order valence-corrected chi connectivity index (χ3v) is 4.71. The van der Waals surface area contributed by atoms with Crippen molar-refractivity contribution < 1.29 is 14.2 Å². The van der Waals surface area contributed by atoms with Gasteiger partial charge in [-0.1, -0.05) is 0 Å². The predicted molar refractivity (Wildman–Crippen MR) is 83.7 cm³/mol. The highest BCUT2D eigenvalue weighted by molar-refractivity contribution is 7.11. The number of hydrogen-bond acceptors (Lipinski definition) is 5. The summed E-state index contributed by atoms with van der Waals surface area (Å²) in [7, 11) is 0. The standard InChI is InChI=1S/C16H19FN2O2S/c17-11-4-6-13(7-5-11)21-10-12(20)8-18-9-16-19-14-2-1-3-15(14)22-16/h4-7,12,18,20H,1-3,8-10H2. The molecule has 1 heterocycles. The first-order valence-electron chi connectivity index (χ1n) is 7.45. The number of ether oxygens (including phenoxy) is 1. The first-order valence-corrected chi connectivity index (χ1v) is 8.27. The number of benzene rings is 1. The maximum Gasteiger partial charge on any atom is 0.123 e. The molecule has 0 amide bonds. The van der Waals surface area contributed by atoms with Gasteiger partial charge in [-0.2, -0.15) is 0 Å². The van der Waals surface area contributed by atoms with Gasteiger partial charge in [-0.15, -0.1) is 11.3 Å². The molecule has 2 N–H and O–H groups in total. The Morgan fingerprint density at radius 1 is 1.32 bits per heavy atom. The summed E-state index contributed by atoms with van der Waals surface area (Å²) in [5.74, 6) is 0.252. The van der Waals surface area contributed by atoms with Crippen LogP contribution >= 0.6 is 11.3 Å². The lowest BCUT2D eigenvalue weighted by Gasteiger charge is -2.12. The van der Waals surface area contributed by atoms with Gasteiger partial charge in [-0.3, -0.25) is 0 Å². The van der Waals surface area contributed by atoms with Gasteiger partial charge < -0.3 is 15.2 Å². The Hall–Kier alpha value is -1.50. The van der Waals surface area contributed by atoms with Gasteiger partial charge in [0.2, 0.25) is 0 Å². The van der Waals surface area contributed by atoms with Crippen LogP contribution in [0.5, 0.6) is 5.75 Å². The van der Waals surface area contributed by atoms with Crippen molar-refractivity contribution in [2.75, 3.05) is 13.2 Å². The van der Waals surface area contributed by atoms with Crippen molar-refractivity contribution >= 4 is 11.3 Å². The van der Waals surface area contributed by atoms with Crippen LogP contribution in [0.15, 0.2) is 24.3 Å². The summed E-state index contributed by atoms with van der Waals surface area (Å²) in [5.41, 5.74) is 1.25. The van der Waals surface area contributed by atoms with Gasteiger partial charge >= 0.3 is 0 Å². The smallest absolute Gasteiger partial charge is 0.123 e. The summed E-state index contributed by atoms with van der Waals surface area (Å²) in [5, 5.41) is 14.2. The zero-order valence-electron chi connectivity index (χ0n) is 12.2. The van der Waals surface area contributed by atoms with Crippen molar-refractivity contribution in [2.24, 2.45) is 0 Å². The average molecular weight is 322 g/mol. The highest BCUT2D eigenvalue weighted by Gasteiger charge is 2.16. The first-order chi connectivity index (χ1) is 10.7. The lowest BCUT2D eigenvalue weighted by Crippen LogP contribution is -2.31. The van der Waals surface area contributed by atoms with Crippen LogP contribution in [-0.2, 0) is 19.4 Å². The Morgan fingerprint density at radius 3 is 2.91 bits per heavy atom. The topological polar surface area (TPSA) is 54.4 Å². The van der Waals surface area contributed by atoms with Gasteiger partial charge in [0.1, 0.15) is 29.3 Å². The molecule has 0 saturated carbocycles. The van der Waals surface area contributed by atoms with E-state index in [2.05, 4.69) is 10.3 Å². The Bertz CT molecular complexity index is 594. The second-order valence-corrected chi connectivity index (χ2v) is 6.55. The number of hydrogen-bond donors (Lipinski definition) is 2. The van der Waals surface area contributed by atoms with E-state index in [1.165, 1.54) is 29.1 Å². The minimum atomic E-state index is -0.614. The van der Waals surface area contributed by atoms with Crippen molar-refractivity contribution in [1.29, 1.82) is 0 Å². The van der Waals surface area contributed by atoms with E-state index in [9.17, 15) is 9.50 Å². The number of aliphatic hydroxyl groups excluding tert-OH is 1. The Balaban J connectivity index is 1.36. The summed E-state index contributed by atoms with van der Waals surface area (Å²) in [6.45, 7) is 1.28. The second-order valence-electron chi connectivity index (χ2n) is 5.38. The zero-order valence-corrected chi connectivity index (χ0v) is 13.0. The summed E-state index contributed by atoms with van der Waals surface area (Å²) in [4.78, 5) is 6.01. The zero-order chi connectivity index (χ0) is 15.4. The monoisotopic (exact) mass is 322 g/mol. The number of thiazole rings is 1. The van der Waals surface area contributed by atoms with Crippen LogP contribution in [0.25, 0.3) is 0 Å². The largest absolute Gasteiger partial charge is 0.491 e. The molecule has 1 aromatic carbocycles. The third kappa shape index (κ3) is 4.03. The maximum atomic E-state index is 12.8. The van der Waals surface area contributed by atoms with Crippen molar-refractivity contribution in [2.45, 2.75) is 31.9 Å². The van der Waals surface area contributed by atoms with Gasteiger partial charge in [0, 0.05) is 18.0 Å². The van der Waals surface area contributed by atoms with Crippen molar-refractivity contribution in [3.63, 3.8) is 0 Å². The normalized spacial score (nSPS) is 14.8. The molecule has 1 aliphatic carbocycles. The van der Waals surface area contributed by atoms with Crippen molar-refractivity contribution in [3.05, 3.63) is 45.7 Å². The molecule has 0 spiro atoms. The van der Waals surface area contributed by atoms with E-state index >= 15 is 0 Å². The fourth-order valence-corrected chi connectivity index (χ4v) is 3.57. The lowest BCUT2D eigenvalue weighted by atomic mass is 10.3. The van der Waals surface area contributed by atoms with Crippen LogP contribution in [0.3, 0.4) is 0 Å². The third-order valence-electron chi connectivity index (χ3n) is 3.55.